The maximum Gasteiger partial charge on any atom is 0.416 e. The van der Waals surface area contributed by atoms with Crippen LogP contribution in [-0.4, -0.2) is 20.1 Å². The first-order chi connectivity index (χ1) is 8.95. The van der Waals surface area contributed by atoms with Crippen molar-refractivity contribution < 1.29 is 18.3 Å². The Morgan fingerprint density at radius 2 is 2.00 bits per heavy atom. The SMILES string of the molecule is Oc1ccc(C(F)(F)F)cc1-n1cc(C2CC2)nn1. The molecule has 1 fully saturated rings. The number of phenolic OH excluding ortho intramolecular Hbond substituents is 1. The van der Waals surface area contributed by atoms with Crippen molar-refractivity contribution in [2.75, 3.05) is 0 Å². The van der Waals surface area contributed by atoms with Crippen LogP contribution in [0.1, 0.15) is 30.0 Å². The van der Waals surface area contributed by atoms with E-state index in [1.54, 1.807) is 6.20 Å². The minimum Gasteiger partial charge on any atom is -0.506 e. The molecule has 0 aliphatic heterocycles. The Morgan fingerprint density at radius 3 is 2.63 bits per heavy atom. The van der Waals surface area contributed by atoms with E-state index in [0.29, 0.717) is 5.92 Å². The Balaban J connectivity index is 2.02. The van der Waals surface area contributed by atoms with Crippen LogP contribution in [0.3, 0.4) is 0 Å². The molecule has 4 nitrogen and oxygen atoms in total. The van der Waals surface area contributed by atoms with E-state index < -0.39 is 11.7 Å². The van der Waals surface area contributed by atoms with Crippen molar-refractivity contribution in [3.05, 3.63) is 35.7 Å². The molecule has 0 atom stereocenters. The number of rotatable bonds is 2. The van der Waals surface area contributed by atoms with Gasteiger partial charge in [0.1, 0.15) is 11.4 Å². The highest BCUT2D eigenvalue weighted by molar-refractivity contribution is 5.48. The van der Waals surface area contributed by atoms with E-state index in [9.17, 15) is 18.3 Å². The van der Waals surface area contributed by atoms with Crippen molar-refractivity contribution in [3.63, 3.8) is 0 Å². The van der Waals surface area contributed by atoms with Crippen LogP contribution in [0.5, 0.6) is 5.75 Å². The summed E-state index contributed by atoms with van der Waals surface area (Å²) in [5.74, 6) is 0.0851. The zero-order chi connectivity index (χ0) is 13.6. The van der Waals surface area contributed by atoms with Gasteiger partial charge in [0.25, 0.3) is 0 Å². The van der Waals surface area contributed by atoms with Gasteiger partial charge in [-0.15, -0.1) is 5.10 Å². The van der Waals surface area contributed by atoms with Gasteiger partial charge in [0.15, 0.2) is 0 Å². The molecule has 0 unspecified atom stereocenters. The fraction of sp³-hybridized carbons (Fsp3) is 0.333. The number of halogens is 3. The summed E-state index contributed by atoms with van der Waals surface area (Å²) >= 11 is 0. The molecule has 2 aromatic rings. The second-order valence-electron chi connectivity index (χ2n) is 4.56. The molecule has 100 valence electrons. The van der Waals surface area contributed by atoms with Crippen LogP contribution in [0.15, 0.2) is 24.4 Å². The molecule has 19 heavy (non-hydrogen) atoms. The quantitative estimate of drug-likeness (QED) is 0.912. The highest BCUT2D eigenvalue weighted by Crippen LogP contribution is 2.39. The van der Waals surface area contributed by atoms with Gasteiger partial charge in [-0.05, 0) is 31.0 Å². The summed E-state index contributed by atoms with van der Waals surface area (Å²) in [5, 5.41) is 17.3. The van der Waals surface area contributed by atoms with Crippen LogP contribution in [0, 0.1) is 0 Å². The molecular formula is C12H10F3N3O. The predicted octanol–water partition coefficient (Wildman–Crippen LogP) is 2.87. The number of benzene rings is 1. The number of nitrogens with zero attached hydrogens (tertiary/aromatic N) is 3. The molecule has 0 radical (unpaired) electrons. The first-order valence-electron chi connectivity index (χ1n) is 5.78. The lowest BCUT2D eigenvalue weighted by atomic mass is 10.2. The van der Waals surface area contributed by atoms with Crippen molar-refractivity contribution in [1.82, 2.24) is 15.0 Å². The highest BCUT2D eigenvalue weighted by Gasteiger charge is 2.32. The molecule has 1 saturated carbocycles. The fourth-order valence-electron chi connectivity index (χ4n) is 1.84. The maximum atomic E-state index is 12.6. The summed E-state index contributed by atoms with van der Waals surface area (Å²) in [6, 6.07) is 2.70. The number of hydrogen-bond acceptors (Lipinski definition) is 3. The topological polar surface area (TPSA) is 50.9 Å². The maximum absolute atomic E-state index is 12.6. The van der Waals surface area contributed by atoms with Gasteiger partial charge in [0.05, 0.1) is 17.5 Å². The number of phenols is 1. The van der Waals surface area contributed by atoms with E-state index in [1.165, 1.54) is 4.68 Å². The predicted molar refractivity (Wildman–Crippen MR) is 60.0 cm³/mol. The molecule has 1 N–H and O–H groups in total. The van der Waals surface area contributed by atoms with Crippen molar-refractivity contribution in [2.24, 2.45) is 0 Å². The summed E-state index contributed by atoms with van der Waals surface area (Å²) in [4.78, 5) is 0. The Morgan fingerprint density at radius 1 is 1.26 bits per heavy atom. The van der Waals surface area contributed by atoms with Gasteiger partial charge in [0.2, 0.25) is 0 Å². The average Bonchev–Trinajstić information content (AvgIpc) is 3.07. The molecule has 7 heteroatoms. The molecule has 1 aliphatic carbocycles. The first-order valence-corrected chi connectivity index (χ1v) is 5.78. The lowest BCUT2D eigenvalue weighted by Crippen LogP contribution is -2.06. The third-order valence-electron chi connectivity index (χ3n) is 3.06. The van der Waals surface area contributed by atoms with Crippen LogP contribution in [0.25, 0.3) is 5.69 Å². The average molecular weight is 269 g/mol. The van der Waals surface area contributed by atoms with Crippen molar-refractivity contribution in [2.45, 2.75) is 24.9 Å². The van der Waals surface area contributed by atoms with E-state index in [0.717, 1.165) is 36.7 Å². The summed E-state index contributed by atoms with van der Waals surface area (Å²) in [6.45, 7) is 0. The number of aromatic nitrogens is 3. The molecule has 0 bridgehead atoms. The van der Waals surface area contributed by atoms with Gasteiger partial charge in [-0.1, -0.05) is 5.21 Å². The normalized spacial score (nSPS) is 15.7. The van der Waals surface area contributed by atoms with E-state index in [2.05, 4.69) is 10.3 Å². The molecule has 0 amide bonds. The van der Waals surface area contributed by atoms with E-state index >= 15 is 0 Å². The lowest BCUT2D eigenvalue weighted by Gasteiger charge is -2.09. The highest BCUT2D eigenvalue weighted by atomic mass is 19.4. The first kappa shape index (κ1) is 12.0. The van der Waals surface area contributed by atoms with Crippen molar-refractivity contribution >= 4 is 0 Å². The Hall–Kier alpha value is -2.05. The van der Waals surface area contributed by atoms with Crippen LogP contribution in [-0.2, 0) is 6.18 Å². The van der Waals surface area contributed by atoms with Gasteiger partial charge in [0, 0.05) is 5.92 Å². The van der Waals surface area contributed by atoms with Crippen molar-refractivity contribution in [3.8, 4) is 11.4 Å². The number of alkyl halides is 3. The summed E-state index contributed by atoms with van der Waals surface area (Å²) < 4.78 is 39.1. The summed E-state index contributed by atoms with van der Waals surface area (Å²) in [6.07, 6.45) is -0.851. The molecule has 1 heterocycles. The fourth-order valence-corrected chi connectivity index (χ4v) is 1.84. The Bertz CT molecular complexity index is 617. The van der Waals surface area contributed by atoms with Gasteiger partial charge in [-0.3, -0.25) is 0 Å². The van der Waals surface area contributed by atoms with Crippen LogP contribution in [0.2, 0.25) is 0 Å². The second kappa shape index (κ2) is 3.97. The standard InChI is InChI=1S/C12H10F3N3O/c13-12(14,15)8-3-4-11(19)10(5-8)18-6-9(16-17-18)7-1-2-7/h3-7,19H,1-2H2. The smallest absolute Gasteiger partial charge is 0.416 e. The second-order valence-corrected chi connectivity index (χ2v) is 4.56. The molecule has 1 aromatic heterocycles. The minimum atomic E-state index is -4.46. The lowest BCUT2D eigenvalue weighted by molar-refractivity contribution is -0.137. The zero-order valence-electron chi connectivity index (χ0n) is 9.72. The molecule has 0 saturated heterocycles. The van der Waals surface area contributed by atoms with E-state index in [-0.39, 0.29) is 11.4 Å². The Kier molecular flexibility index (Phi) is 2.51. The van der Waals surface area contributed by atoms with Crippen LogP contribution >= 0.6 is 0 Å². The summed E-state index contributed by atoms with van der Waals surface area (Å²) in [5.41, 5.74) is -0.102. The zero-order valence-corrected chi connectivity index (χ0v) is 9.72. The minimum absolute atomic E-state index is 0.0192. The van der Waals surface area contributed by atoms with Gasteiger partial charge in [-0.2, -0.15) is 13.2 Å². The van der Waals surface area contributed by atoms with Gasteiger partial charge < -0.3 is 5.11 Å². The van der Waals surface area contributed by atoms with E-state index in [4.69, 9.17) is 0 Å². The third-order valence-corrected chi connectivity index (χ3v) is 3.06. The van der Waals surface area contributed by atoms with Gasteiger partial charge >= 0.3 is 6.18 Å². The van der Waals surface area contributed by atoms with Crippen molar-refractivity contribution in [1.29, 1.82) is 0 Å². The van der Waals surface area contributed by atoms with Gasteiger partial charge in [-0.25, -0.2) is 4.68 Å². The van der Waals surface area contributed by atoms with E-state index in [1.807, 2.05) is 0 Å². The molecular weight excluding hydrogens is 259 g/mol. The Labute approximate surface area is 106 Å². The van der Waals surface area contributed by atoms with Crippen LogP contribution < -0.4 is 0 Å². The monoisotopic (exact) mass is 269 g/mol. The van der Waals surface area contributed by atoms with Crippen LogP contribution in [0.4, 0.5) is 13.2 Å². The molecule has 1 aliphatic rings. The number of aromatic hydroxyl groups is 1. The third kappa shape index (κ3) is 2.27. The summed E-state index contributed by atoms with van der Waals surface area (Å²) in [7, 11) is 0. The number of hydrogen-bond donors (Lipinski definition) is 1. The largest absolute Gasteiger partial charge is 0.506 e. The molecule has 0 spiro atoms. The molecule has 3 rings (SSSR count). The molecule has 1 aromatic carbocycles.